The van der Waals surface area contributed by atoms with Gasteiger partial charge in [-0.2, -0.15) is 0 Å². The van der Waals surface area contributed by atoms with E-state index >= 15 is 0 Å². The van der Waals surface area contributed by atoms with Crippen molar-refractivity contribution in [3.05, 3.63) is 63.5 Å². The van der Waals surface area contributed by atoms with E-state index in [-0.39, 0.29) is 16.9 Å². The number of fused-ring (bicyclic) bond motifs is 2. The Labute approximate surface area is 163 Å². The molecule has 138 valence electrons. The molecule has 27 heavy (non-hydrogen) atoms. The predicted octanol–water partition coefficient (Wildman–Crippen LogP) is 4.56. The molecule has 0 saturated carbocycles. The van der Waals surface area contributed by atoms with E-state index in [2.05, 4.69) is 55.5 Å². The lowest BCUT2D eigenvalue weighted by Gasteiger charge is -2.43. The second kappa shape index (κ2) is 5.99. The molecule has 0 bridgehead atoms. The fraction of sp³-hybridized carbons (Fsp3) is 0.318. The lowest BCUT2D eigenvalue weighted by Crippen LogP contribution is -2.45. The number of thiophene rings is 1. The van der Waals surface area contributed by atoms with Crippen LogP contribution in [0.15, 0.2) is 46.9 Å². The molecule has 0 unspecified atom stereocenters. The maximum atomic E-state index is 12.3. The standard InChI is InChI=1S/C22H23N3OS/c1-21(2)16-9-11-27-19(16)18(25-22(21,3)4)13-6-7-17-15(12-13)14(8-10-24-17)20(26)23-5/h6-12H,1-5H3,(H,23,26). The van der Waals surface area contributed by atoms with Gasteiger partial charge < -0.3 is 5.32 Å². The highest BCUT2D eigenvalue weighted by atomic mass is 32.1. The fourth-order valence-electron chi connectivity index (χ4n) is 3.61. The highest BCUT2D eigenvalue weighted by Crippen LogP contribution is 2.45. The third-order valence-corrected chi connectivity index (χ3v) is 6.88. The zero-order chi connectivity index (χ0) is 19.4. The average Bonchev–Trinajstić information content (AvgIpc) is 3.14. The van der Waals surface area contributed by atoms with Crippen molar-refractivity contribution in [2.24, 2.45) is 4.99 Å². The predicted molar refractivity (Wildman–Crippen MR) is 112 cm³/mol. The third-order valence-electron chi connectivity index (χ3n) is 5.96. The minimum absolute atomic E-state index is 0.0442. The Morgan fingerprint density at radius 3 is 2.63 bits per heavy atom. The summed E-state index contributed by atoms with van der Waals surface area (Å²) >= 11 is 1.73. The van der Waals surface area contributed by atoms with Crippen LogP contribution in [0.25, 0.3) is 10.9 Å². The summed E-state index contributed by atoms with van der Waals surface area (Å²) in [5, 5.41) is 5.70. The quantitative estimate of drug-likeness (QED) is 0.712. The Morgan fingerprint density at radius 1 is 1.11 bits per heavy atom. The molecular formula is C22H23N3OS. The van der Waals surface area contributed by atoms with Gasteiger partial charge in [0.25, 0.3) is 5.91 Å². The Morgan fingerprint density at radius 2 is 1.89 bits per heavy atom. The molecule has 4 rings (SSSR count). The molecular weight excluding hydrogens is 354 g/mol. The molecule has 3 heterocycles. The monoisotopic (exact) mass is 377 g/mol. The molecule has 0 radical (unpaired) electrons. The van der Waals surface area contributed by atoms with Gasteiger partial charge in [-0.15, -0.1) is 11.3 Å². The summed E-state index contributed by atoms with van der Waals surface area (Å²) in [6.45, 7) is 8.89. The van der Waals surface area contributed by atoms with Gasteiger partial charge in [-0.1, -0.05) is 19.9 Å². The highest BCUT2D eigenvalue weighted by Gasteiger charge is 2.44. The first-order chi connectivity index (χ1) is 12.8. The largest absolute Gasteiger partial charge is 0.355 e. The highest BCUT2D eigenvalue weighted by molar-refractivity contribution is 7.12. The lowest BCUT2D eigenvalue weighted by molar-refractivity contribution is 0.0964. The SMILES string of the molecule is CNC(=O)c1ccnc2ccc(C3=NC(C)(C)C(C)(C)c4ccsc43)cc12. The van der Waals surface area contributed by atoms with Gasteiger partial charge in [-0.25, -0.2) is 0 Å². The second-order valence-corrected chi connectivity index (χ2v) is 8.89. The first kappa shape index (κ1) is 17.9. The van der Waals surface area contributed by atoms with Gasteiger partial charge in [-0.05, 0) is 49.1 Å². The topological polar surface area (TPSA) is 54.4 Å². The van der Waals surface area contributed by atoms with E-state index in [0.29, 0.717) is 5.56 Å². The van der Waals surface area contributed by atoms with Crippen LogP contribution in [-0.2, 0) is 5.41 Å². The maximum absolute atomic E-state index is 12.3. The number of hydrogen-bond acceptors (Lipinski definition) is 4. The van der Waals surface area contributed by atoms with E-state index in [9.17, 15) is 4.79 Å². The lowest BCUT2D eigenvalue weighted by atomic mass is 9.67. The van der Waals surface area contributed by atoms with Crippen LogP contribution in [0.3, 0.4) is 0 Å². The molecule has 1 aromatic carbocycles. The van der Waals surface area contributed by atoms with Gasteiger partial charge in [0.05, 0.1) is 27.2 Å². The number of aliphatic imine (C=N–C) groups is 1. The van der Waals surface area contributed by atoms with Crippen molar-refractivity contribution in [3.8, 4) is 0 Å². The van der Waals surface area contributed by atoms with Gasteiger partial charge >= 0.3 is 0 Å². The van der Waals surface area contributed by atoms with Crippen molar-refractivity contribution in [2.75, 3.05) is 7.05 Å². The van der Waals surface area contributed by atoms with Crippen molar-refractivity contribution >= 4 is 33.9 Å². The molecule has 0 aliphatic carbocycles. The van der Waals surface area contributed by atoms with Crippen LogP contribution >= 0.6 is 11.3 Å². The Kier molecular flexibility index (Phi) is 3.96. The zero-order valence-corrected chi connectivity index (χ0v) is 17.1. The number of benzene rings is 1. The number of amides is 1. The van der Waals surface area contributed by atoms with Crippen LogP contribution in [0, 0.1) is 0 Å². The van der Waals surface area contributed by atoms with E-state index in [1.807, 2.05) is 12.1 Å². The molecule has 1 amide bonds. The van der Waals surface area contributed by atoms with E-state index in [0.717, 1.165) is 22.2 Å². The average molecular weight is 378 g/mol. The van der Waals surface area contributed by atoms with Crippen LogP contribution in [0.1, 0.15) is 54.1 Å². The van der Waals surface area contributed by atoms with Crippen LogP contribution in [0.2, 0.25) is 0 Å². The molecule has 1 aliphatic heterocycles. The van der Waals surface area contributed by atoms with E-state index in [1.54, 1.807) is 30.6 Å². The number of rotatable bonds is 2. The van der Waals surface area contributed by atoms with Crippen LogP contribution < -0.4 is 5.32 Å². The fourth-order valence-corrected chi connectivity index (χ4v) is 4.67. The molecule has 5 heteroatoms. The van der Waals surface area contributed by atoms with Crippen molar-refractivity contribution < 1.29 is 4.79 Å². The summed E-state index contributed by atoms with van der Waals surface area (Å²) in [6.07, 6.45) is 1.67. The normalized spacial score (nSPS) is 17.3. The molecule has 0 fully saturated rings. The van der Waals surface area contributed by atoms with Gasteiger partial charge in [0.15, 0.2) is 0 Å². The number of nitrogens with zero attached hydrogens (tertiary/aromatic N) is 2. The van der Waals surface area contributed by atoms with Gasteiger partial charge in [0, 0.05) is 29.6 Å². The number of aromatic nitrogens is 1. The molecule has 0 saturated heterocycles. The summed E-state index contributed by atoms with van der Waals surface area (Å²) in [4.78, 5) is 23.1. The minimum atomic E-state index is -0.232. The van der Waals surface area contributed by atoms with Crippen molar-refractivity contribution in [3.63, 3.8) is 0 Å². The van der Waals surface area contributed by atoms with Crippen LogP contribution in [0.5, 0.6) is 0 Å². The summed E-state index contributed by atoms with van der Waals surface area (Å²) in [5.74, 6) is -0.108. The van der Waals surface area contributed by atoms with E-state index < -0.39 is 0 Å². The van der Waals surface area contributed by atoms with Gasteiger partial charge in [0.2, 0.25) is 0 Å². The van der Waals surface area contributed by atoms with E-state index in [4.69, 9.17) is 4.99 Å². The number of pyridine rings is 1. The van der Waals surface area contributed by atoms with Crippen molar-refractivity contribution in [2.45, 2.75) is 38.6 Å². The summed E-state index contributed by atoms with van der Waals surface area (Å²) in [7, 11) is 1.65. The summed E-state index contributed by atoms with van der Waals surface area (Å²) in [6, 6.07) is 10.1. The zero-order valence-electron chi connectivity index (χ0n) is 16.3. The van der Waals surface area contributed by atoms with Crippen LogP contribution in [-0.4, -0.2) is 29.2 Å². The first-order valence-corrected chi connectivity index (χ1v) is 9.93. The van der Waals surface area contributed by atoms with Crippen LogP contribution in [0.4, 0.5) is 0 Å². The third kappa shape index (κ3) is 2.60. The first-order valence-electron chi connectivity index (χ1n) is 9.06. The smallest absolute Gasteiger partial charge is 0.251 e. The van der Waals surface area contributed by atoms with Gasteiger partial charge in [0.1, 0.15) is 0 Å². The number of carbonyl (C=O) groups excluding carboxylic acids is 1. The van der Waals surface area contributed by atoms with Crippen molar-refractivity contribution in [1.29, 1.82) is 0 Å². The summed E-state index contributed by atoms with van der Waals surface area (Å²) < 4.78 is 0. The minimum Gasteiger partial charge on any atom is -0.355 e. The maximum Gasteiger partial charge on any atom is 0.251 e. The van der Waals surface area contributed by atoms with Crippen molar-refractivity contribution in [1.82, 2.24) is 10.3 Å². The molecule has 4 nitrogen and oxygen atoms in total. The number of nitrogens with one attached hydrogen (secondary N) is 1. The Balaban J connectivity index is 1.95. The number of hydrogen-bond donors (Lipinski definition) is 1. The molecule has 0 spiro atoms. The molecule has 3 aromatic rings. The Bertz CT molecular complexity index is 1090. The van der Waals surface area contributed by atoms with E-state index in [1.165, 1.54) is 10.4 Å². The summed E-state index contributed by atoms with van der Waals surface area (Å²) in [5.41, 5.74) is 4.52. The van der Waals surface area contributed by atoms with Gasteiger partial charge in [-0.3, -0.25) is 14.8 Å². The molecule has 1 aliphatic rings. The molecule has 0 atom stereocenters. The number of carbonyl (C=O) groups is 1. The molecule has 2 aromatic heterocycles. The second-order valence-electron chi connectivity index (χ2n) is 7.98. The molecule has 1 N–H and O–H groups in total. The Hall–Kier alpha value is -2.53.